The lowest BCUT2D eigenvalue weighted by Crippen LogP contribution is -2.01. The van der Waals surface area contributed by atoms with E-state index in [9.17, 15) is 4.21 Å². The lowest BCUT2D eigenvalue weighted by atomic mass is 10.2. The molecule has 106 valence electrons. The van der Waals surface area contributed by atoms with E-state index in [-0.39, 0.29) is 5.75 Å². The van der Waals surface area contributed by atoms with E-state index in [4.69, 9.17) is 33.7 Å². The first-order chi connectivity index (χ1) is 9.51. The second-order valence-corrected chi connectivity index (χ2v) is 6.40. The number of methoxy groups -OCH3 is 1. The Morgan fingerprint density at radius 1 is 1.20 bits per heavy atom. The molecular formula is C14H13Cl2NO2S. The molecule has 2 aromatic rings. The van der Waals surface area contributed by atoms with Crippen molar-refractivity contribution in [1.29, 1.82) is 0 Å². The average molecular weight is 330 g/mol. The first-order valence-electron chi connectivity index (χ1n) is 5.77. The molecule has 0 spiro atoms. The molecule has 20 heavy (non-hydrogen) atoms. The number of anilines is 1. The van der Waals surface area contributed by atoms with Crippen molar-refractivity contribution in [2.45, 2.75) is 10.6 Å². The fourth-order valence-electron chi connectivity index (χ4n) is 1.73. The highest BCUT2D eigenvalue weighted by Crippen LogP contribution is 2.28. The van der Waals surface area contributed by atoms with Gasteiger partial charge in [-0.15, -0.1) is 0 Å². The Hall–Kier alpha value is -1.23. The Balaban J connectivity index is 2.28. The van der Waals surface area contributed by atoms with Crippen LogP contribution in [0.4, 0.5) is 5.69 Å². The molecular weight excluding hydrogens is 317 g/mol. The van der Waals surface area contributed by atoms with Gasteiger partial charge in [0, 0.05) is 21.8 Å². The summed E-state index contributed by atoms with van der Waals surface area (Å²) in [5, 5.41) is 1.05. The van der Waals surface area contributed by atoms with Crippen molar-refractivity contribution in [2.75, 3.05) is 12.8 Å². The minimum absolute atomic E-state index is 0.288. The molecule has 1 atom stereocenters. The van der Waals surface area contributed by atoms with Gasteiger partial charge in [-0.05, 0) is 29.8 Å². The second kappa shape index (κ2) is 6.48. The minimum Gasteiger partial charge on any atom is -0.495 e. The van der Waals surface area contributed by atoms with Gasteiger partial charge in [0.1, 0.15) is 5.75 Å². The first kappa shape index (κ1) is 15.2. The molecule has 0 amide bonds. The molecule has 0 heterocycles. The predicted octanol–water partition coefficient (Wildman–Crippen LogP) is 3.89. The standard InChI is InChI=1S/C14H13Cl2NO2S/c1-19-13-7-11(17)4-5-14(13)20(18)8-9-2-3-10(15)6-12(9)16/h2-7H,8,17H2,1H3. The van der Waals surface area contributed by atoms with E-state index in [2.05, 4.69) is 0 Å². The van der Waals surface area contributed by atoms with E-state index in [0.29, 0.717) is 26.4 Å². The fraction of sp³-hybridized carbons (Fsp3) is 0.143. The van der Waals surface area contributed by atoms with Crippen molar-refractivity contribution in [2.24, 2.45) is 0 Å². The molecule has 0 saturated heterocycles. The van der Waals surface area contributed by atoms with E-state index in [0.717, 1.165) is 5.56 Å². The molecule has 0 saturated carbocycles. The number of benzene rings is 2. The van der Waals surface area contributed by atoms with Crippen molar-refractivity contribution in [3.8, 4) is 5.75 Å². The third-order valence-electron chi connectivity index (χ3n) is 2.73. The maximum absolute atomic E-state index is 12.4. The lowest BCUT2D eigenvalue weighted by molar-refractivity contribution is 0.404. The minimum atomic E-state index is -1.28. The van der Waals surface area contributed by atoms with Gasteiger partial charge in [0.05, 0.1) is 28.6 Å². The highest BCUT2D eigenvalue weighted by atomic mass is 35.5. The number of ether oxygens (including phenoxy) is 1. The van der Waals surface area contributed by atoms with Crippen LogP contribution in [-0.4, -0.2) is 11.3 Å². The Bertz CT molecular complexity index is 662. The van der Waals surface area contributed by atoms with Crippen LogP contribution in [0.5, 0.6) is 5.75 Å². The molecule has 0 radical (unpaired) electrons. The normalized spacial score (nSPS) is 12.2. The zero-order chi connectivity index (χ0) is 14.7. The van der Waals surface area contributed by atoms with E-state index < -0.39 is 10.8 Å². The number of hydrogen-bond donors (Lipinski definition) is 1. The van der Waals surface area contributed by atoms with Gasteiger partial charge in [0.2, 0.25) is 0 Å². The highest BCUT2D eigenvalue weighted by molar-refractivity contribution is 7.84. The van der Waals surface area contributed by atoms with Gasteiger partial charge in [0.25, 0.3) is 0 Å². The lowest BCUT2D eigenvalue weighted by Gasteiger charge is -2.10. The van der Waals surface area contributed by atoms with Crippen LogP contribution in [0.15, 0.2) is 41.3 Å². The van der Waals surface area contributed by atoms with Gasteiger partial charge in [0.15, 0.2) is 0 Å². The molecule has 6 heteroatoms. The maximum atomic E-state index is 12.4. The highest BCUT2D eigenvalue weighted by Gasteiger charge is 2.13. The molecule has 0 aliphatic carbocycles. The van der Waals surface area contributed by atoms with Crippen LogP contribution in [0.3, 0.4) is 0 Å². The van der Waals surface area contributed by atoms with Crippen LogP contribution in [-0.2, 0) is 16.6 Å². The number of rotatable bonds is 4. The molecule has 2 aromatic carbocycles. The summed E-state index contributed by atoms with van der Waals surface area (Å²) in [6.07, 6.45) is 0. The van der Waals surface area contributed by atoms with Gasteiger partial charge in [-0.2, -0.15) is 0 Å². The van der Waals surface area contributed by atoms with Crippen LogP contribution in [0, 0.1) is 0 Å². The smallest absolute Gasteiger partial charge is 0.137 e. The van der Waals surface area contributed by atoms with Gasteiger partial charge < -0.3 is 10.5 Å². The van der Waals surface area contributed by atoms with Crippen LogP contribution < -0.4 is 10.5 Å². The van der Waals surface area contributed by atoms with Crippen molar-refractivity contribution in [1.82, 2.24) is 0 Å². The molecule has 0 aromatic heterocycles. The third kappa shape index (κ3) is 3.45. The Morgan fingerprint density at radius 2 is 1.95 bits per heavy atom. The zero-order valence-corrected chi connectivity index (χ0v) is 13.1. The summed E-state index contributed by atoms with van der Waals surface area (Å²) >= 11 is 11.9. The Labute approximate surface area is 130 Å². The fourth-order valence-corrected chi connectivity index (χ4v) is 3.56. The summed E-state index contributed by atoms with van der Waals surface area (Å²) in [5.41, 5.74) is 7.02. The maximum Gasteiger partial charge on any atom is 0.137 e. The van der Waals surface area contributed by atoms with Crippen molar-refractivity contribution < 1.29 is 8.95 Å². The summed E-state index contributed by atoms with van der Waals surface area (Å²) < 4.78 is 17.6. The van der Waals surface area contributed by atoms with Gasteiger partial charge in [-0.3, -0.25) is 4.21 Å². The summed E-state index contributed by atoms with van der Waals surface area (Å²) in [6.45, 7) is 0. The first-order valence-corrected chi connectivity index (χ1v) is 7.84. The molecule has 0 bridgehead atoms. The van der Waals surface area contributed by atoms with Crippen molar-refractivity contribution in [3.05, 3.63) is 52.0 Å². The van der Waals surface area contributed by atoms with Gasteiger partial charge in [-0.25, -0.2) is 0 Å². The third-order valence-corrected chi connectivity index (χ3v) is 4.72. The largest absolute Gasteiger partial charge is 0.495 e. The molecule has 0 aliphatic rings. The van der Waals surface area contributed by atoms with Crippen LogP contribution in [0.25, 0.3) is 0 Å². The van der Waals surface area contributed by atoms with Gasteiger partial charge in [-0.1, -0.05) is 29.3 Å². The van der Waals surface area contributed by atoms with E-state index >= 15 is 0 Å². The number of halogens is 2. The summed E-state index contributed by atoms with van der Waals surface area (Å²) in [7, 11) is 0.240. The zero-order valence-electron chi connectivity index (χ0n) is 10.7. The van der Waals surface area contributed by atoms with Crippen LogP contribution in [0.2, 0.25) is 10.0 Å². The Kier molecular flexibility index (Phi) is 4.91. The molecule has 2 N–H and O–H groups in total. The summed E-state index contributed by atoms with van der Waals surface area (Å²) in [4.78, 5) is 0.590. The predicted molar refractivity (Wildman–Crippen MR) is 84.0 cm³/mol. The molecule has 0 fully saturated rings. The Morgan fingerprint density at radius 3 is 2.60 bits per heavy atom. The monoisotopic (exact) mass is 329 g/mol. The van der Waals surface area contributed by atoms with Crippen molar-refractivity contribution >= 4 is 39.7 Å². The molecule has 0 aliphatic heterocycles. The number of nitrogen functional groups attached to an aromatic ring is 1. The van der Waals surface area contributed by atoms with Gasteiger partial charge >= 0.3 is 0 Å². The summed E-state index contributed by atoms with van der Waals surface area (Å²) in [6, 6.07) is 10.2. The molecule has 1 unspecified atom stereocenters. The van der Waals surface area contributed by atoms with E-state index in [1.54, 1.807) is 36.4 Å². The quantitative estimate of drug-likeness (QED) is 0.865. The molecule has 2 rings (SSSR count). The van der Waals surface area contributed by atoms with E-state index in [1.807, 2.05) is 0 Å². The van der Waals surface area contributed by atoms with Crippen molar-refractivity contribution in [3.63, 3.8) is 0 Å². The number of nitrogens with two attached hydrogens (primary N) is 1. The SMILES string of the molecule is COc1cc(N)ccc1S(=O)Cc1ccc(Cl)cc1Cl. The second-order valence-electron chi connectivity index (χ2n) is 4.14. The van der Waals surface area contributed by atoms with Crippen LogP contribution in [0.1, 0.15) is 5.56 Å². The summed E-state index contributed by atoms with van der Waals surface area (Å²) in [5.74, 6) is 0.796. The average Bonchev–Trinajstić information content (AvgIpc) is 2.41. The molecule has 3 nitrogen and oxygen atoms in total. The topological polar surface area (TPSA) is 52.3 Å². The van der Waals surface area contributed by atoms with E-state index in [1.165, 1.54) is 7.11 Å². The van der Waals surface area contributed by atoms with Crippen LogP contribution >= 0.6 is 23.2 Å². The number of hydrogen-bond acceptors (Lipinski definition) is 3.